The van der Waals surface area contributed by atoms with Crippen molar-refractivity contribution < 1.29 is 23.5 Å². The normalized spacial score (nSPS) is 14.7. The van der Waals surface area contributed by atoms with Gasteiger partial charge in [0.1, 0.15) is 30.5 Å². The number of hydrogen-bond donors (Lipinski definition) is 0. The zero-order chi connectivity index (χ0) is 23.2. The highest BCUT2D eigenvalue weighted by molar-refractivity contribution is 8.18. The van der Waals surface area contributed by atoms with Crippen LogP contribution in [0.25, 0.3) is 6.08 Å². The first-order valence-corrected chi connectivity index (χ1v) is 11.3. The fourth-order valence-corrected chi connectivity index (χ4v) is 4.23. The number of halogens is 2. The van der Waals surface area contributed by atoms with Gasteiger partial charge in [0.15, 0.2) is 0 Å². The fourth-order valence-electron chi connectivity index (χ4n) is 3.16. The summed E-state index contributed by atoms with van der Waals surface area (Å²) in [5, 5.41) is -0.0919. The molecule has 0 spiro atoms. The molecule has 0 bridgehead atoms. The number of nitrogens with zero attached hydrogens (tertiary/aromatic N) is 1. The van der Waals surface area contributed by atoms with Gasteiger partial charge in [-0.05, 0) is 48.2 Å². The highest BCUT2D eigenvalue weighted by Crippen LogP contribution is 2.34. The molecule has 0 atom stereocenters. The Bertz CT molecular complexity index is 1180. The van der Waals surface area contributed by atoms with Gasteiger partial charge in [0.05, 0.1) is 16.5 Å². The van der Waals surface area contributed by atoms with Crippen LogP contribution >= 0.6 is 23.4 Å². The molecule has 1 aliphatic heterocycles. The van der Waals surface area contributed by atoms with Gasteiger partial charge >= 0.3 is 0 Å². The lowest BCUT2D eigenvalue weighted by Gasteiger charge is -2.13. The van der Waals surface area contributed by atoms with Crippen molar-refractivity contribution in [3.05, 3.63) is 99.7 Å². The summed E-state index contributed by atoms with van der Waals surface area (Å²) in [4.78, 5) is 26.6. The molecule has 0 aromatic heterocycles. The predicted octanol–water partition coefficient (Wildman–Crippen LogP) is 6.17. The van der Waals surface area contributed by atoms with Gasteiger partial charge in [-0.1, -0.05) is 54.1 Å². The highest BCUT2D eigenvalue weighted by atomic mass is 35.5. The van der Waals surface area contributed by atoms with Gasteiger partial charge in [-0.15, -0.1) is 0 Å². The van der Waals surface area contributed by atoms with Crippen molar-refractivity contribution in [1.29, 1.82) is 0 Å². The number of hydrogen-bond acceptors (Lipinski definition) is 5. The maximum absolute atomic E-state index is 14.1. The lowest BCUT2D eigenvalue weighted by atomic mass is 10.1. The Labute approximate surface area is 199 Å². The topological polar surface area (TPSA) is 55.8 Å². The minimum absolute atomic E-state index is 0.0747. The maximum Gasteiger partial charge on any atom is 0.293 e. The molecule has 0 unspecified atom stereocenters. The summed E-state index contributed by atoms with van der Waals surface area (Å²) in [5.74, 6) is 0.254. The van der Waals surface area contributed by atoms with Crippen molar-refractivity contribution in [2.75, 3.05) is 13.2 Å². The zero-order valence-corrected chi connectivity index (χ0v) is 18.9. The summed E-state index contributed by atoms with van der Waals surface area (Å²) >= 11 is 6.93. The number of imide groups is 1. The Morgan fingerprint density at radius 1 is 0.939 bits per heavy atom. The van der Waals surface area contributed by atoms with Crippen LogP contribution < -0.4 is 9.47 Å². The van der Waals surface area contributed by atoms with Gasteiger partial charge in [-0.3, -0.25) is 14.5 Å². The zero-order valence-electron chi connectivity index (χ0n) is 17.4. The second kappa shape index (κ2) is 10.6. The van der Waals surface area contributed by atoms with Crippen LogP contribution in [0.1, 0.15) is 11.1 Å². The van der Waals surface area contributed by atoms with E-state index in [1.807, 2.05) is 18.2 Å². The van der Waals surface area contributed by atoms with E-state index in [-0.39, 0.29) is 40.5 Å². The molecule has 5 nitrogen and oxygen atoms in total. The van der Waals surface area contributed by atoms with Gasteiger partial charge in [0.2, 0.25) is 0 Å². The van der Waals surface area contributed by atoms with Crippen molar-refractivity contribution in [3.8, 4) is 11.5 Å². The van der Waals surface area contributed by atoms with E-state index in [1.54, 1.807) is 48.5 Å². The third kappa shape index (κ3) is 5.56. The molecule has 1 saturated heterocycles. The molecule has 0 aliphatic carbocycles. The summed E-state index contributed by atoms with van der Waals surface area (Å²) in [5.41, 5.74) is 0.837. The van der Waals surface area contributed by atoms with E-state index in [0.29, 0.717) is 17.1 Å². The van der Waals surface area contributed by atoms with Gasteiger partial charge in [-0.25, -0.2) is 4.39 Å². The van der Waals surface area contributed by atoms with Crippen molar-refractivity contribution in [3.63, 3.8) is 0 Å². The van der Waals surface area contributed by atoms with E-state index in [2.05, 4.69) is 0 Å². The molecule has 3 aromatic rings. The van der Waals surface area contributed by atoms with E-state index in [4.69, 9.17) is 21.1 Å². The summed E-state index contributed by atoms with van der Waals surface area (Å²) in [6, 6.07) is 20.6. The number of thioether (sulfide) groups is 1. The molecular weight excluding hydrogens is 465 g/mol. The van der Waals surface area contributed by atoms with E-state index < -0.39 is 11.7 Å². The van der Waals surface area contributed by atoms with Crippen LogP contribution in [0.2, 0.25) is 5.02 Å². The molecular formula is C25H19ClFNO4S. The summed E-state index contributed by atoms with van der Waals surface area (Å²) in [6.45, 7) is 0.258. The van der Waals surface area contributed by atoms with Crippen LogP contribution in [0, 0.1) is 5.82 Å². The van der Waals surface area contributed by atoms with E-state index in [0.717, 1.165) is 16.7 Å². The van der Waals surface area contributed by atoms with E-state index >= 15 is 0 Å². The minimum atomic E-state index is -0.459. The molecule has 0 saturated carbocycles. The third-order valence-corrected chi connectivity index (χ3v) is 6.10. The molecule has 168 valence electrons. The number of benzene rings is 3. The summed E-state index contributed by atoms with van der Waals surface area (Å²) < 4.78 is 25.4. The van der Waals surface area contributed by atoms with Crippen LogP contribution in [0.3, 0.4) is 0 Å². The predicted molar refractivity (Wildman–Crippen MR) is 127 cm³/mol. The van der Waals surface area contributed by atoms with Gasteiger partial charge in [-0.2, -0.15) is 0 Å². The smallest absolute Gasteiger partial charge is 0.293 e. The third-order valence-electron chi connectivity index (χ3n) is 4.84. The molecule has 0 radical (unpaired) electrons. The largest absolute Gasteiger partial charge is 0.492 e. The number of rotatable bonds is 8. The number of para-hydroxylation sites is 2. The first-order valence-electron chi connectivity index (χ1n) is 10.1. The maximum atomic E-state index is 14.1. The van der Waals surface area contributed by atoms with E-state index in [9.17, 15) is 14.0 Å². The molecule has 1 heterocycles. The second-order valence-electron chi connectivity index (χ2n) is 7.02. The Morgan fingerprint density at radius 2 is 1.70 bits per heavy atom. The van der Waals surface area contributed by atoms with Crippen LogP contribution in [0.5, 0.6) is 11.5 Å². The molecule has 8 heteroatoms. The van der Waals surface area contributed by atoms with Crippen molar-refractivity contribution in [1.82, 2.24) is 4.90 Å². The molecule has 3 aromatic carbocycles. The minimum Gasteiger partial charge on any atom is -0.492 e. The van der Waals surface area contributed by atoms with Crippen LogP contribution in [-0.4, -0.2) is 29.2 Å². The lowest BCUT2D eigenvalue weighted by molar-refractivity contribution is -0.123. The Balaban J connectivity index is 1.44. The number of carbonyl (C=O) groups is 2. The number of ether oxygens (including phenoxy) is 2. The molecule has 0 N–H and O–H groups in total. The Kier molecular flexibility index (Phi) is 7.32. The Morgan fingerprint density at radius 3 is 2.48 bits per heavy atom. The fraction of sp³-hybridized carbons (Fsp3) is 0.120. The summed E-state index contributed by atoms with van der Waals surface area (Å²) in [6.07, 6.45) is 1.60. The molecule has 2 amide bonds. The molecule has 4 rings (SSSR count). The Hall–Kier alpha value is -3.29. The highest BCUT2D eigenvalue weighted by Gasteiger charge is 2.35. The molecule has 33 heavy (non-hydrogen) atoms. The number of carbonyl (C=O) groups excluding carboxylic acids is 2. The van der Waals surface area contributed by atoms with Crippen molar-refractivity contribution >= 4 is 40.6 Å². The van der Waals surface area contributed by atoms with E-state index in [1.165, 1.54) is 12.1 Å². The molecule has 1 aliphatic rings. The summed E-state index contributed by atoms with van der Waals surface area (Å²) in [7, 11) is 0. The standard InChI is InChI=1S/C25H19ClFNO4S/c26-20-10-6-11-21(27)19(20)16-32-22-12-5-4-7-17(22)15-23-24(29)28(25(30)33-23)13-14-31-18-8-2-1-3-9-18/h1-12,15H,13-14,16H2/b23-15-. The van der Waals surface area contributed by atoms with Crippen molar-refractivity contribution in [2.24, 2.45) is 0 Å². The van der Waals surface area contributed by atoms with Crippen LogP contribution in [0.15, 0.2) is 77.7 Å². The number of amides is 2. The molecule has 1 fully saturated rings. The lowest BCUT2D eigenvalue weighted by Crippen LogP contribution is -2.32. The monoisotopic (exact) mass is 483 g/mol. The van der Waals surface area contributed by atoms with Crippen molar-refractivity contribution in [2.45, 2.75) is 6.61 Å². The quantitative estimate of drug-likeness (QED) is 0.358. The first kappa shape index (κ1) is 22.9. The van der Waals surface area contributed by atoms with Crippen LogP contribution in [0.4, 0.5) is 9.18 Å². The average molecular weight is 484 g/mol. The average Bonchev–Trinajstić information content (AvgIpc) is 3.08. The first-order chi connectivity index (χ1) is 16.0. The van der Waals surface area contributed by atoms with Gasteiger partial charge < -0.3 is 9.47 Å². The van der Waals surface area contributed by atoms with Gasteiger partial charge in [0.25, 0.3) is 11.1 Å². The van der Waals surface area contributed by atoms with Gasteiger partial charge in [0, 0.05) is 11.1 Å². The second-order valence-corrected chi connectivity index (χ2v) is 8.42. The SMILES string of the molecule is O=C1S/C(=C\c2ccccc2OCc2c(F)cccc2Cl)C(=O)N1CCOc1ccccc1. The van der Waals surface area contributed by atoms with Crippen LogP contribution in [-0.2, 0) is 11.4 Å².